The van der Waals surface area contributed by atoms with E-state index >= 15 is 0 Å². The number of carbonyl (C=O) groups excluding carboxylic acids is 2. The van der Waals surface area contributed by atoms with Crippen LogP contribution in [0.1, 0.15) is 25.5 Å². The molecular weight excluding hydrogens is 416 g/mol. The molecule has 1 fully saturated rings. The van der Waals surface area contributed by atoms with E-state index in [0.29, 0.717) is 36.1 Å². The summed E-state index contributed by atoms with van der Waals surface area (Å²) in [4.78, 5) is 39.6. The number of nitrogens with zero attached hydrogens (tertiary/aromatic N) is 4. The Hall–Kier alpha value is -3.11. The second kappa shape index (κ2) is 9.36. The number of furan rings is 1. The van der Waals surface area contributed by atoms with Crippen LogP contribution < -0.4 is 10.6 Å². The molecule has 3 aromatic heterocycles. The summed E-state index contributed by atoms with van der Waals surface area (Å²) in [6.45, 7) is 5.32. The number of hydrogen-bond acceptors (Lipinski definition) is 8. The maximum Gasteiger partial charge on any atom is 0.239 e. The van der Waals surface area contributed by atoms with Crippen molar-refractivity contribution in [2.24, 2.45) is 0 Å². The molecule has 0 spiro atoms. The Morgan fingerprint density at radius 1 is 1.29 bits per heavy atom. The van der Waals surface area contributed by atoms with Crippen LogP contribution in [0, 0.1) is 6.92 Å². The first kappa shape index (κ1) is 21.1. The smallest absolute Gasteiger partial charge is 0.239 e. The van der Waals surface area contributed by atoms with Crippen LogP contribution in [0.2, 0.25) is 0 Å². The molecule has 1 atom stereocenters. The molecule has 0 bridgehead atoms. The zero-order valence-electron chi connectivity index (χ0n) is 17.4. The van der Waals surface area contributed by atoms with Crippen LogP contribution in [-0.4, -0.2) is 57.3 Å². The summed E-state index contributed by atoms with van der Waals surface area (Å²) in [6.07, 6.45) is 3.00. The standard InChI is InChI=1S/C21H24N6O3S/c1-3-18(28)23-14-6-8-27(11-14)12-19(29)25-17-10-15(21-22-7-9-31-21)24-20(26-17)16-5-4-13(2)30-16/h4-5,7,9-10,14H,3,6,8,11-12H2,1-2H3,(H,23,28)(H,24,25,26,29). The lowest BCUT2D eigenvalue weighted by Gasteiger charge is -2.16. The van der Waals surface area contributed by atoms with Gasteiger partial charge in [0, 0.05) is 43.2 Å². The van der Waals surface area contributed by atoms with E-state index in [1.165, 1.54) is 11.3 Å². The van der Waals surface area contributed by atoms with Crippen molar-refractivity contribution in [2.75, 3.05) is 25.0 Å². The van der Waals surface area contributed by atoms with E-state index in [1.807, 2.05) is 30.2 Å². The van der Waals surface area contributed by atoms with Gasteiger partial charge in [0.2, 0.25) is 11.8 Å². The fraction of sp³-hybridized carbons (Fsp3) is 0.381. The average molecular weight is 441 g/mol. The average Bonchev–Trinajstić information content (AvgIpc) is 3.50. The van der Waals surface area contributed by atoms with Crippen molar-refractivity contribution in [3.05, 3.63) is 35.5 Å². The summed E-state index contributed by atoms with van der Waals surface area (Å²) in [6, 6.07) is 5.44. The van der Waals surface area contributed by atoms with Gasteiger partial charge in [0.05, 0.1) is 6.54 Å². The predicted octanol–water partition coefficient (Wildman–Crippen LogP) is 2.71. The second-order valence-corrected chi connectivity index (χ2v) is 8.29. The lowest BCUT2D eigenvalue weighted by Crippen LogP contribution is -2.38. The third-order valence-corrected chi connectivity index (χ3v) is 5.73. The van der Waals surface area contributed by atoms with E-state index in [-0.39, 0.29) is 24.4 Å². The molecule has 0 aromatic carbocycles. The van der Waals surface area contributed by atoms with Gasteiger partial charge in [-0.2, -0.15) is 0 Å². The normalized spacial score (nSPS) is 16.4. The number of anilines is 1. The highest BCUT2D eigenvalue weighted by Gasteiger charge is 2.25. The molecule has 10 heteroatoms. The van der Waals surface area contributed by atoms with Crippen molar-refractivity contribution in [3.8, 4) is 22.3 Å². The summed E-state index contributed by atoms with van der Waals surface area (Å²) in [5, 5.41) is 8.46. The molecule has 31 heavy (non-hydrogen) atoms. The Morgan fingerprint density at radius 2 is 2.16 bits per heavy atom. The van der Waals surface area contributed by atoms with E-state index in [1.54, 1.807) is 18.3 Å². The second-order valence-electron chi connectivity index (χ2n) is 7.40. The Labute approximate surface area is 183 Å². The zero-order valence-corrected chi connectivity index (χ0v) is 18.2. The number of carbonyl (C=O) groups is 2. The molecule has 2 amide bonds. The highest BCUT2D eigenvalue weighted by atomic mass is 32.1. The largest absolute Gasteiger partial charge is 0.458 e. The van der Waals surface area contributed by atoms with E-state index in [9.17, 15) is 9.59 Å². The van der Waals surface area contributed by atoms with E-state index in [2.05, 4.69) is 25.6 Å². The number of aromatic nitrogens is 3. The lowest BCUT2D eigenvalue weighted by atomic mass is 10.2. The number of amides is 2. The first-order valence-electron chi connectivity index (χ1n) is 10.2. The van der Waals surface area contributed by atoms with Crippen molar-refractivity contribution >= 4 is 29.0 Å². The van der Waals surface area contributed by atoms with Crippen LogP contribution >= 0.6 is 11.3 Å². The third kappa shape index (κ3) is 5.33. The number of aryl methyl sites for hydroxylation is 1. The van der Waals surface area contributed by atoms with Gasteiger partial charge in [-0.3, -0.25) is 14.5 Å². The number of nitrogens with one attached hydrogen (secondary N) is 2. The molecule has 0 aliphatic carbocycles. The van der Waals surface area contributed by atoms with Crippen LogP contribution in [0.15, 0.2) is 34.2 Å². The van der Waals surface area contributed by atoms with Crippen LogP contribution in [0.4, 0.5) is 5.82 Å². The Balaban J connectivity index is 1.47. The summed E-state index contributed by atoms with van der Waals surface area (Å²) in [7, 11) is 0. The first-order valence-corrected chi connectivity index (χ1v) is 11.1. The molecule has 4 rings (SSSR count). The van der Waals surface area contributed by atoms with Gasteiger partial charge >= 0.3 is 0 Å². The molecule has 1 saturated heterocycles. The van der Waals surface area contributed by atoms with Gasteiger partial charge in [-0.15, -0.1) is 11.3 Å². The number of rotatable bonds is 7. The van der Waals surface area contributed by atoms with Crippen LogP contribution in [0.25, 0.3) is 22.3 Å². The first-order chi connectivity index (χ1) is 15.0. The quantitative estimate of drug-likeness (QED) is 0.581. The molecule has 162 valence electrons. The van der Waals surface area contributed by atoms with Crippen molar-refractivity contribution < 1.29 is 14.0 Å². The Morgan fingerprint density at radius 3 is 2.87 bits per heavy atom. The molecule has 0 saturated carbocycles. The fourth-order valence-electron chi connectivity index (χ4n) is 3.44. The minimum absolute atomic E-state index is 0.0349. The topological polar surface area (TPSA) is 113 Å². The maximum atomic E-state index is 12.7. The lowest BCUT2D eigenvalue weighted by molar-refractivity contribution is -0.121. The number of likely N-dealkylation sites (tertiary alicyclic amines) is 1. The highest BCUT2D eigenvalue weighted by Crippen LogP contribution is 2.26. The summed E-state index contributed by atoms with van der Waals surface area (Å²) < 4.78 is 5.66. The van der Waals surface area contributed by atoms with E-state index < -0.39 is 0 Å². The summed E-state index contributed by atoms with van der Waals surface area (Å²) in [5.74, 6) is 1.92. The van der Waals surface area contributed by atoms with Gasteiger partial charge in [-0.25, -0.2) is 15.0 Å². The molecule has 0 radical (unpaired) electrons. The third-order valence-electron chi connectivity index (χ3n) is 4.93. The van der Waals surface area contributed by atoms with Crippen molar-refractivity contribution in [2.45, 2.75) is 32.7 Å². The van der Waals surface area contributed by atoms with Crippen LogP contribution in [0.5, 0.6) is 0 Å². The van der Waals surface area contributed by atoms with Crippen molar-refractivity contribution in [3.63, 3.8) is 0 Å². The van der Waals surface area contributed by atoms with Crippen molar-refractivity contribution in [1.82, 2.24) is 25.2 Å². The Bertz CT molecular complexity index is 1070. The van der Waals surface area contributed by atoms with Gasteiger partial charge in [0.1, 0.15) is 22.3 Å². The fourth-order valence-corrected chi connectivity index (χ4v) is 4.04. The van der Waals surface area contributed by atoms with Crippen LogP contribution in [-0.2, 0) is 9.59 Å². The van der Waals surface area contributed by atoms with Gasteiger partial charge in [-0.1, -0.05) is 6.92 Å². The number of thiazole rings is 1. The molecule has 1 unspecified atom stereocenters. The van der Waals surface area contributed by atoms with E-state index in [0.717, 1.165) is 23.7 Å². The Kier molecular flexibility index (Phi) is 6.38. The molecule has 3 aromatic rings. The highest BCUT2D eigenvalue weighted by molar-refractivity contribution is 7.13. The predicted molar refractivity (Wildman–Crippen MR) is 117 cm³/mol. The minimum atomic E-state index is -0.173. The summed E-state index contributed by atoms with van der Waals surface area (Å²) >= 11 is 1.46. The molecular formula is C21H24N6O3S. The summed E-state index contributed by atoms with van der Waals surface area (Å²) in [5.41, 5.74) is 0.618. The van der Waals surface area contributed by atoms with Gasteiger partial charge < -0.3 is 15.1 Å². The molecule has 2 N–H and O–H groups in total. The number of hydrogen-bond donors (Lipinski definition) is 2. The SMILES string of the molecule is CCC(=O)NC1CCN(CC(=O)Nc2cc(-c3nccs3)nc(-c3ccc(C)o3)n2)C1. The van der Waals surface area contributed by atoms with Gasteiger partial charge in [0.15, 0.2) is 11.6 Å². The molecule has 9 nitrogen and oxygen atoms in total. The van der Waals surface area contributed by atoms with Crippen molar-refractivity contribution in [1.29, 1.82) is 0 Å². The molecule has 1 aliphatic heterocycles. The van der Waals surface area contributed by atoms with Crippen LogP contribution in [0.3, 0.4) is 0 Å². The minimum Gasteiger partial charge on any atom is -0.458 e. The van der Waals surface area contributed by atoms with Gasteiger partial charge in [0.25, 0.3) is 0 Å². The molecule has 1 aliphatic rings. The monoisotopic (exact) mass is 440 g/mol. The molecule has 4 heterocycles. The zero-order chi connectivity index (χ0) is 21.8. The van der Waals surface area contributed by atoms with E-state index in [4.69, 9.17) is 4.42 Å². The maximum absolute atomic E-state index is 12.7. The van der Waals surface area contributed by atoms with Gasteiger partial charge in [-0.05, 0) is 25.5 Å².